The molecule has 0 amide bonds. The van der Waals surface area contributed by atoms with Gasteiger partial charge in [-0.05, 0) is 72.1 Å². The fourth-order valence-corrected chi connectivity index (χ4v) is 5.06. The molecule has 0 radical (unpaired) electrons. The molecule has 0 bridgehead atoms. The first kappa shape index (κ1) is 12.5. The summed E-state index contributed by atoms with van der Waals surface area (Å²) < 4.78 is 0. The van der Waals surface area contributed by atoms with Crippen molar-refractivity contribution in [2.24, 2.45) is 17.3 Å². The number of aliphatic hydroxyl groups excluding tert-OH is 1. The Hall–Kier alpha value is -1.28. The van der Waals surface area contributed by atoms with Gasteiger partial charge in [0.05, 0.1) is 6.10 Å². The zero-order valence-electron chi connectivity index (χ0n) is 11.9. The number of hydrogen-bond acceptors (Lipinski definition) is 2. The van der Waals surface area contributed by atoms with Crippen molar-refractivity contribution >= 4 is 6.08 Å². The Balaban J connectivity index is 1.75. The maximum absolute atomic E-state index is 10.3. The molecule has 3 aliphatic carbocycles. The highest BCUT2D eigenvalue weighted by molar-refractivity contribution is 5.60. The van der Waals surface area contributed by atoms with Gasteiger partial charge in [0.25, 0.3) is 0 Å². The Bertz CT molecular complexity index is 577. The van der Waals surface area contributed by atoms with Crippen LogP contribution in [0.2, 0.25) is 0 Å². The van der Waals surface area contributed by atoms with Crippen LogP contribution in [0.1, 0.15) is 49.7 Å². The Labute approximate surface area is 120 Å². The molecule has 2 N–H and O–H groups in total. The van der Waals surface area contributed by atoms with Crippen molar-refractivity contribution < 1.29 is 10.2 Å². The van der Waals surface area contributed by atoms with Crippen molar-refractivity contribution in [2.45, 2.75) is 44.6 Å². The van der Waals surface area contributed by atoms with Crippen LogP contribution in [0.4, 0.5) is 0 Å². The molecule has 1 aromatic carbocycles. The number of benzene rings is 1. The van der Waals surface area contributed by atoms with Crippen molar-refractivity contribution in [3.05, 3.63) is 35.4 Å². The van der Waals surface area contributed by atoms with Crippen LogP contribution in [0, 0.1) is 17.3 Å². The number of aliphatic hydroxyl groups is 1. The summed E-state index contributed by atoms with van der Waals surface area (Å²) in [5, 5.41) is 20.0. The monoisotopic (exact) mass is 270 g/mol. The van der Waals surface area contributed by atoms with Crippen molar-refractivity contribution in [3.8, 4) is 5.75 Å². The Morgan fingerprint density at radius 3 is 2.90 bits per heavy atom. The SMILES string of the molecule is C[C@]12CCC3c4ccc(O)cc4C=CC3C1CC[C@@H]2O. The fraction of sp³-hybridized carbons (Fsp3) is 0.556. The molecule has 5 atom stereocenters. The molecule has 1 aromatic rings. The van der Waals surface area contributed by atoms with Gasteiger partial charge < -0.3 is 10.2 Å². The predicted molar refractivity (Wildman–Crippen MR) is 79.4 cm³/mol. The summed E-state index contributed by atoms with van der Waals surface area (Å²) in [6.45, 7) is 2.28. The minimum Gasteiger partial charge on any atom is -0.508 e. The zero-order valence-corrected chi connectivity index (χ0v) is 11.9. The molecule has 4 rings (SSSR count). The van der Waals surface area contributed by atoms with Gasteiger partial charge in [-0.3, -0.25) is 0 Å². The van der Waals surface area contributed by atoms with Crippen molar-refractivity contribution in [1.82, 2.24) is 0 Å². The van der Waals surface area contributed by atoms with Gasteiger partial charge in [0.2, 0.25) is 0 Å². The Kier molecular flexibility index (Phi) is 2.56. The maximum atomic E-state index is 10.3. The van der Waals surface area contributed by atoms with Crippen LogP contribution in [0.5, 0.6) is 5.75 Å². The van der Waals surface area contributed by atoms with Crippen LogP contribution in [0.3, 0.4) is 0 Å². The van der Waals surface area contributed by atoms with E-state index in [1.54, 1.807) is 0 Å². The summed E-state index contributed by atoms with van der Waals surface area (Å²) in [6, 6.07) is 5.78. The van der Waals surface area contributed by atoms with Crippen LogP contribution < -0.4 is 0 Å². The first-order valence-electron chi connectivity index (χ1n) is 7.79. The van der Waals surface area contributed by atoms with Crippen LogP contribution in [0.15, 0.2) is 24.3 Å². The lowest BCUT2D eigenvalue weighted by Crippen LogP contribution is -2.42. The molecular weight excluding hydrogens is 248 g/mol. The summed E-state index contributed by atoms with van der Waals surface area (Å²) in [5.74, 6) is 2.08. The second kappa shape index (κ2) is 4.11. The quantitative estimate of drug-likeness (QED) is 0.755. The summed E-state index contributed by atoms with van der Waals surface area (Å²) in [5.41, 5.74) is 2.67. The highest BCUT2D eigenvalue weighted by Gasteiger charge is 2.53. The number of phenols is 1. The van der Waals surface area contributed by atoms with E-state index in [2.05, 4.69) is 25.1 Å². The third-order valence-electron chi connectivity index (χ3n) is 6.25. The van der Waals surface area contributed by atoms with Gasteiger partial charge in [-0.15, -0.1) is 0 Å². The van der Waals surface area contributed by atoms with E-state index < -0.39 is 0 Å². The molecule has 0 aromatic heterocycles. The minimum absolute atomic E-state index is 0.111. The molecule has 20 heavy (non-hydrogen) atoms. The highest BCUT2D eigenvalue weighted by Crippen LogP contribution is 2.60. The second-order valence-electron chi connectivity index (χ2n) is 7.10. The molecule has 2 nitrogen and oxygen atoms in total. The van der Waals surface area contributed by atoms with Crippen LogP contribution in [-0.4, -0.2) is 16.3 Å². The fourth-order valence-electron chi connectivity index (χ4n) is 5.06. The Morgan fingerprint density at radius 1 is 1.20 bits per heavy atom. The zero-order chi connectivity index (χ0) is 13.9. The summed E-state index contributed by atoms with van der Waals surface area (Å²) in [4.78, 5) is 0. The molecule has 2 fully saturated rings. The van der Waals surface area contributed by atoms with Crippen LogP contribution in [0.25, 0.3) is 6.08 Å². The summed E-state index contributed by atoms with van der Waals surface area (Å²) in [7, 11) is 0. The molecule has 3 unspecified atom stereocenters. The third-order valence-corrected chi connectivity index (χ3v) is 6.25. The van der Waals surface area contributed by atoms with E-state index in [0.29, 0.717) is 23.5 Å². The average molecular weight is 270 g/mol. The van der Waals surface area contributed by atoms with Crippen LogP contribution >= 0.6 is 0 Å². The molecule has 3 aliphatic rings. The van der Waals surface area contributed by atoms with Crippen LogP contribution in [-0.2, 0) is 0 Å². The number of aromatic hydroxyl groups is 1. The lowest BCUT2D eigenvalue weighted by Gasteiger charge is -2.48. The van der Waals surface area contributed by atoms with E-state index in [1.165, 1.54) is 11.1 Å². The number of allylic oxidation sites excluding steroid dienone is 1. The normalized spacial score (nSPS) is 41.9. The van der Waals surface area contributed by atoms with Gasteiger partial charge >= 0.3 is 0 Å². The van der Waals surface area contributed by atoms with E-state index in [4.69, 9.17) is 0 Å². The first-order valence-corrected chi connectivity index (χ1v) is 7.79. The highest BCUT2D eigenvalue weighted by atomic mass is 16.3. The van der Waals surface area contributed by atoms with Gasteiger partial charge in [-0.1, -0.05) is 25.1 Å². The Morgan fingerprint density at radius 2 is 2.05 bits per heavy atom. The lowest BCUT2D eigenvalue weighted by atomic mass is 9.57. The van der Waals surface area contributed by atoms with E-state index in [-0.39, 0.29) is 11.5 Å². The molecule has 2 heteroatoms. The molecule has 106 valence electrons. The standard InChI is InChI=1S/C18H22O2/c1-18-9-8-14-13-5-3-12(19)10-11(13)2-4-15(14)16(18)6-7-17(18)20/h2-5,10,14-17,19-20H,6-9H2,1H3/t14?,15?,16?,17-,18-/m0/s1. The van der Waals surface area contributed by atoms with E-state index in [9.17, 15) is 10.2 Å². The molecule has 2 saturated carbocycles. The molecule has 0 saturated heterocycles. The molecular formula is C18H22O2. The van der Waals surface area contributed by atoms with Gasteiger partial charge in [0.15, 0.2) is 0 Å². The van der Waals surface area contributed by atoms with Gasteiger partial charge in [0.1, 0.15) is 5.75 Å². The smallest absolute Gasteiger partial charge is 0.116 e. The average Bonchev–Trinajstić information content (AvgIpc) is 2.74. The number of fused-ring (bicyclic) bond motifs is 5. The topological polar surface area (TPSA) is 40.5 Å². The van der Waals surface area contributed by atoms with Gasteiger partial charge in [0, 0.05) is 0 Å². The van der Waals surface area contributed by atoms with Gasteiger partial charge in [-0.25, -0.2) is 0 Å². The summed E-state index contributed by atoms with van der Waals surface area (Å²) in [6.07, 6.45) is 8.77. The maximum Gasteiger partial charge on any atom is 0.116 e. The first-order chi connectivity index (χ1) is 9.59. The third kappa shape index (κ3) is 1.54. The van der Waals surface area contributed by atoms with E-state index >= 15 is 0 Å². The minimum atomic E-state index is -0.122. The number of phenolic OH excluding ortho intramolecular Hbond substituents is 1. The number of hydrogen-bond donors (Lipinski definition) is 2. The summed E-state index contributed by atoms with van der Waals surface area (Å²) >= 11 is 0. The van der Waals surface area contributed by atoms with E-state index in [0.717, 1.165) is 25.7 Å². The van der Waals surface area contributed by atoms with Gasteiger partial charge in [-0.2, -0.15) is 0 Å². The molecule has 0 heterocycles. The molecule has 0 aliphatic heterocycles. The van der Waals surface area contributed by atoms with Crippen molar-refractivity contribution in [1.29, 1.82) is 0 Å². The largest absolute Gasteiger partial charge is 0.508 e. The van der Waals surface area contributed by atoms with Crippen molar-refractivity contribution in [2.75, 3.05) is 0 Å². The number of rotatable bonds is 0. The molecule has 0 spiro atoms. The van der Waals surface area contributed by atoms with E-state index in [1.807, 2.05) is 12.1 Å². The second-order valence-corrected chi connectivity index (χ2v) is 7.10. The predicted octanol–water partition coefficient (Wildman–Crippen LogP) is 3.69. The lowest BCUT2D eigenvalue weighted by molar-refractivity contribution is -0.00797. The van der Waals surface area contributed by atoms with Crippen molar-refractivity contribution in [3.63, 3.8) is 0 Å².